The molecule has 1 fully saturated rings. The van der Waals surface area contributed by atoms with Crippen LogP contribution in [0.1, 0.15) is 12.0 Å². The minimum Gasteiger partial charge on any atom is -0.272 e. The Morgan fingerprint density at radius 1 is 0.690 bits per heavy atom. The summed E-state index contributed by atoms with van der Waals surface area (Å²) >= 11 is 0.333. The molecule has 0 unspecified atom stereocenters. The number of carbonyl (C=O) groups is 2. The minimum absolute atomic E-state index is 0.0719. The molecule has 3 aromatic carbocycles. The molecule has 29 heavy (non-hydrogen) atoms. The van der Waals surface area contributed by atoms with Crippen molar-refractivity contribution in [3.05, 3.63) is 96.6 Å². The Bertz CT molecular complexity index is 1020. The van der Waals surface area contributed by atoms with Gasteiger partial charge in [-0.25, -0.2) is 14.2 Å². The summed E-state index contributed by atoms with van der Waals surface area (Å²) in [6.07, 6.45) is 0.0719. The summed E-state index contributed by atoms with van der Waals surface area (Å²) in [7, 11) is 0. The number of hydrogen-bond acceptors (Lipinski definition) is 3. The average Bonchev–Trinajstić information content (AvgIpc) is 3.03. The van der Waals surface area contributed by atoms with E-state index in [2.05, 4.69) is 0 Å². The van der Waals surface area contributed by atoms with Crippen LogP contribution >= 0.6 is 0 Å². The van der Waals surface area contributed by atoms with Crippen LogP contribution in [0.25, 0.3) is 0 Å². The van der Waals surface area contributed by atoms with Crippen molar-refractivity contribution in [1.29, 1.82) is 0 Å². The molecule has 0 aromatic heterocycles. The van der Waals surface area contributed by atoms with Crippen molar-refractivity contribution in [3.63, 3.8) is 0 Å². The Labute approximate surface area is 172 Å². The summed E-state index contributed by atoms with van der Waals surface area (Å²) in [5.74, 6) is -1.63. The van der Waals surface area contributed by atoms with Gasteiger partial charge in [-0.2, -0.15) is 0 Å². The maximum atomic E-state index is 13.3. The number of amides is 2. The molecule has 144 valence electrons. The van der Waals surface area contributed by atoms with E-state index in [1.807, 2.05) is 66.7 Å². The molecule has 0 N–H and O–H groups in total. The second kappa shape index (κ2) is 8.24. The second-order valence-electron chi connectivity index (χ2n) is 6.60. The van der Waals surface area contributed by atoms with Gasteiger partial charge in [0.05, 0.1) is 27.5 Å². The van der Waals surface area contributed by atoms with Crippen molar-refractivity contribution in [2.75, 3.05) is 10.0 Å². The predicted octanol–water partition coefficient (Wildman–Crippen LogP) is 3.42. The van der Waals surface area contributed by atoms with E-state index in [0.717, 1.165) is 5.56 Å². The van der Waals surface area contributed by atoms with Gasteiger partial charge in [0.25, 0.3) is 11.8 Å². The number of anilines is 2. The predicted molar refractivity (Wildman–Crippen MR) is 115 cm³/mol. The van der Waals surface area contributed by atoms with Crippen molar-refractivity contribution >= 4 is 39.3 Å². The highest BCUT2D eigenvalue weighted by Gasteiger charge is 2.47. The molecule has 0 aliphatic carbocycles. The van der Waals surface area contributed by atoms with Crippen LogP contribution in [0.3, 0.4) is 0 Å². The van der Waals surface area contributed by atoms with Crippen molar-refractivity contribution in [2.24, 2.45) is 5.92 Å². The number of nitrogens with zero attached hydrogens (tertiary/aromatic N) is 2. The quantitative estimate of drug-likeness (QED) is 0.373. The molecule has 0 atom stereocenters. The van der Waals surface area contributed by atoms with E-state index in [1.54, 1.807) is 24.3 Å². The van der Waals surface area contributed by atoms with E-state index >= 15 is 0 Å². The topological polar surface area (TPSA) is 57.7 Å². The third-order valence-corrected chi connectivity index (χ3v) is 5.40. The summed E-state index contributed by atoms with van der Waals surface area (Å²) in [4.78, 5) is 27.1. The maximum absolute atomic E-state index is 13.3. The molecule has 1 aliphatic rings. The van der Waals surface area contributed by atoms with Crippen molar-refractivity contribution in [3.8, 4) is 0 Å². The van der Waals surface area contributed by atoms with Gasteiger partial charge in [-0.15, -0.1) is 0 Å². The lowest BCUT2D eigenvalue weighted by Crippen LogP contribution is -2.41. The van der Waals surface area contributed by atoms with Gasteiger partial charge in [0.15, 0.2) is 0 Å². The first-order chi connectivity index (χ1) is 14.2. The summed E-state index contributed by atoms with van der Waals surface area (Å²) in [6, 6.07) is 27.3. The fraction of sp³-hybridized carbons (Fsp3) is 0.0870. The molecule has 4 rings (SSSR count). The fourth-order valence-electron chi connectivity index (χ4n) is 3.41. The molecule has 1 saturated heterocycles. The van der Waals surface area contributed by atoms with Crippen molar-refractivity contribution < 1.29 is 13.8 Å². The normalized spacial score (nSPS) is 14.3. The molecule has 6 heteroatoms. The van der Waals surface area contributed by atoms with Gasteiger partial charge in [-0.3, -0.25) is 9.59 Å². The molecule has 5 nitrogen and oxygen atoms in total. The Balaban J connectivity index is 1.74. The van der Waals surface area contributed by atoms with Crippen LogP contribution in [0.4, 0.5) is 11.4 Å². The average molecular weight is 402 g/mol. The summed E-state index contributed by atoms with van der Waals surface area (Å²) in [5, 5.41) is 2.81. The van der Waals surface area contributed by atoms with E-state index in [1.165, 1.54) is 10.0 Å². The Hall–Kier alpha value is -3.51. The van der Waals surface area contributed by atoms with Crippen LogP contribution in [-0.4, -0.2) is 20.9 Å². The van der Waals surface area contributed by atoms with Crippen LogP contribution in [0.15, 0.2) is 91.0 Å². The van der Waals surface area contributed by atoms with E-state index in [-0.39, 0.29) is 18.2 Å². The Morgan fingerprint density at radius 3 is 1.52 bits per heavy atom. The number of para-hydroxylation sites is 2. The fourth-order valence-corrected chi connectivity index (χ4v) is 3.87. The monoisotopic (exact) mass is 402 g/mol. The summed E-state index contributed by atoms with van der Waals surface area (Å²) < 4.78 is 11.8. The molecule has 0 saturated carbocycles. The van der Waals surface area contributed by atoms with Crippen LogP contribution in [-0.2, 0) is 20.8 Å². The zero-order valence-electron chi connectivity index (χ0n) is 15.5. The van der Waals surface area contributed by atoms with Gasteiger partial charge in [0.2, 0.25) is 0 Å². The highest BCUT2D eigenvalue weighted by molar-refractivity contribution is 7.67. The first kappa shape index (κ1) is 18.8. The van der Waals surface area contributed by atoms with Gasteiger partial charge in [0, 0.05) is 6.42 Å². The lowest BCUT2D eigenvalue weighted by molar-refractivity contribution is -0.126. The highest BCUT2D eigenvalue weighted by atomic mass is 32.1. The van der Waals surface area contributed by atoms with Crippen molar-refractivity contribution in [2.45, 2.75) is 6.42 Å². The van der Waals surface area contributed by atoms with Crippen molar-refractivity contribution in [1.82, 2.24) is 0 Å². The van der Waals surface area contributed by atoms with Gasteiger partial charge in [-0.05, 0) is 29.8 Å². The minimum atomic E-state index is -0.952. The zero-order valence-corrected chi connectivity index (χ0v) is 16.3. The number of carbonyl (C=O) groups excluding carboxylic acids is 2. The summed E-state index contributed by atoms with van der Waals surface area (Å²) in [5.41, 5.74) is 1.94. The number of hydrogen-bond donors (Lipinski definition) is 0. The molecule has 3 aromatic rings. The number of rotatable bonds is 5. The van der Waals surface area contributed by atoms with E-state index in [0.29, 0.717) is 27.5 Å². The molecule has 0 radical (unpaired) electrons. The Kier molecular flexibility index (Phi) is 5.35. The number of hydrazine groups is 1. The molecular weight excluding hydrogens is 384 g/mol. The second-order valence-corrected chi connectivity index (χ2v) is 7.26. The standard InChI is InChI=1S/C23H18N2O3S/c26-22-20(16-21(29-28)17-10-4-1-5-11-17)23(27)25(19-14-8-3-9-15-19)24(22)18-12-6-2-7-13-18/h1-15,20H,16H2. The smallest absolute Gasteiger partial charge is 0.259 e. The molecule has 0 bridgehead atoms. The first-order valence-corrected chi connectivity index (χ1v) is 9.94. The molecule has 0 spiro atoms. The first-order valence-electron chi connectivity index (χ1n) is 9.19. The summed E-state index contributed by atoms with van der Waals surface area (Å²) in [6.45, 7) is 0. The Morgan fingerprint density at radius 2 is 1.10 bits per heavy atom. The van der Waals surface area contributed by atoms with Crippen LogP contribution in [0, 0.1) is 5.92 Å². The van der Waals surface area contributed by atoms with Crippen LogP contribution < -0.4 is 10.0 Å². The maximum Gasteiger partial charge on any atom is 0.259 e. The van der Waals surface area contributed by atoms with Crippen LogP contribution in [0.5, 0.6) is 0 Å². The van der Waals surface area contributed by atoms with Gasteiger partial charge in [-0.1, -0.05) is 66.7 Å². The third-order valence-electron chi connectivity index (χ3n) is 4.80. The molecular formula is C23H18N2O3S. The highest BCUT2D eigenvalue weighted by Crippen LogP contribution is 2.33. The largest absolute Gasteiger partial charge is 0.272 e. The molecule has 1 heterocycles. The third kappa shape index (κ3) is 3.62. The zero-order chi connectivity index (χ0) is 20.2. The van der Waals surface area contributed by atoms with E-state index < -0.39 is 5.92 Å². The number of benzene rings is 3. The lowest BCUT2D eigenvalue weighted by atomic mass is 9.98. The molecule has 2 amide bonds. The van der Waals surface area contributed by atoms with Crippen LogP contribution in [0.2, 0.25) is 0 Å². The van der Waals surface area contributed by atoms with Gasteiger partial charge < -0.3 is 0 Å². The SMILES string of the molecule is O=S=C(CC1C(=O)N(c2ccccc2)N(c2ccccc2)C1=O)c1ccccc1. The molecule has 1 aliphatic heterocycles. The van der Waals surface area contributed by atoms with E-state index in [4.69, 9.17) is 0 Å². The van der Waals surface area contributed by atoms with Gasteiger partial charge in [0.1, 0.15) is 5.92 Å². The lowest BCUT2D eigenvalue weighted by Gasteiger charge is -2.27. The van der Waals surface area contributed by atoms with E-state index in [9.17, 15) is 13.8 Å². The van der Waals surface area contributed by atoms with Gasteiger partial charge >= 0.3 is 0 Å².